The molecule has 1 aliphatic rings. The molecule has 0 atom stereocenters. The molecule has 1 rings (SSSR count). The summed E-state index contributed by atoms with van der Waals surface area (Å²) in [5.74, 6) is 0. The molecule has 0 aromatic rings. The zero-order chi connectivity index (χ0) is 12.2. The van der Waals surface area contributed by atoms with Gasteiger partial charge in [-0.3, -0.25) is 0 Å². The van der Waals surface area contributed by atoms with E-state index in [1.807, 2.05) is 6.08 Å². The third-order valence-corrected chi connectivity index (χ3v) is 3.32. The summed E-state index contributed by atoms with van der Waals surface area (Å²) in [6, 6.07) is 0. The Morgan fingerprint density at radius 1 is 1.31 bits per heavy atom. The molecule has 2 amide bonds. The van der Waals surface area contributed by atoms with E-state index in [1.165, 1.54) is 0 Å². The first-order chi connectivity index (χ1) is 7.51. The lowest BCUT2D eigenvalue weighted by molar-refractivity contribution is 0.0880. The molecule has 0 saturated heterocycles. The molecule has 0 unspecified atom stereocenters. The van der Waals surface area contributed by atoms with Crippen LogP contribution < -0.4 is 0 Å². The fraction of sp³-hybridized carbons (Fsp3) is 0.636. The molecule has 2 N–H and O–H groups in total. The monoisotopic (exact) mass is 227 g/mol. The first-order valence-corrected chi connectivity index (χ1v) is 5.35. The molecule has 0 aromatic heterocycles. The van der Waals surface area contributed by atoms with Crippen LogP contribution in [0.2, 0.25) is 0 Å². The molecule has 5 nitrogen and oxygen atoms in total. The van der Waals surface area contributed by atoms with Crippen molar-refractivity contribution in [2.45, 2.75) is 32.1 Å². The lowest BCUT2D eigenvalue weighted by Crippen LogP contribution is -2.39. The normalized spacial score (nSPS) is 17.2. The van der Waals surface area contributed by atoms with Gasteiger partial charge in [-0.05, 0) is 31.1 Å². The van der Waals surface area contributed by atoms with E-state index < -0.39 is 12.2 Å². The van der Waals surface area contributed by atoms with Crippen LogP contribution in [0.5, 0.6) is 0 Å². The Morgan fingerprint density at radius 3 is 2.19 bits per heavy atom. The van der Waals surface area contributed by atoms with Crippen molar-refractivity contribution in [1.82, 2.24) is 4.90 Å². The smallest absolute Gasteiger partial charge is 0.416 e. The van der Waals surface area contributed by atoms with Crippen molar-refractivity contribution in [2.24, 2.45) is 5.41 Å². The largest absolute Gasteiger partial charge is 0.465 e. The Kier molecular flexibility index (Phi) is 3.93. The second-order valence-electron chi connectivity index (χ2n) is 4.31. The van der Waals surface area contributed by atoms with Crippen LogP contribution >= 0.6 is 0 Å². The average Bonchev–Trinajstić information content (AvgIpc) is 2.12. The van der Waals surface area contributed by atoms with Gasteiger partial charge in [-0.2, -0.15) is 0 Å². The summed E-state index contributed by atoms with van der Waals surface area (Å²) in [5, 5.41) is 17.4. The van der Waals surface area contributed by atoms with Crippen LogP contribution in [-0.2, 0) is 0 Å². The maximum atomic E-state index is 10.6. The summed E-state index contributed by atoms with van der Waals surface area (Å²) >= 11 is 0. The van der Waals surface area contributed by atoms with Crippen molar-refractivity contribution >= 4 is 12.2 Å². The fourth-order valence-electron chi connectivity index (χ4n) is 2.16. The van der Waals surface area contributed by atoms with Gasteiger partial charge in [0.25, 0.3) is 0 Å². The second-order valence-corrected chi connectivity index (χ2v) is 4.31. The molecule has 5 heteroatoms. The van der Waals surface area contributed by atoms with E-state index in [0.717, 1.165) is 25.7 Å². The minimum absolute atomic E-state index is 0.0541. The molecular formula is C11H17NO4. The molecule has 1 aliphatic carbocycles. The quantitative estimate of drug-likeness (QED) is 0.708. The molecule has 0 aromatic carbocycles. The Balaban J connectivity index is 2.50. The van der Waals surface area contributed by atoms with Crippen molar-refractivity contribution in [2.75, 3.05) is 6.54 Å². The van der Waals surface area contributed by atoms with E-state index in [-0.39, 0.29) is 12.0 Å². The van der Waals surface area contributed by atoms with Crippen molar-refractivity contribution < 1.29 is 19.8 Å². The van der Waals surface area contributed by atoms with Crippen LogP contribution in [-0.4, -0.2) is 33.8 Å². The van der Waals surface area contributed by atoms with Crippen molar-refractivity contribution in [3.05, 3.63) is 12.7 Å². The number of nitrogens with zero attached hydrogens (tertiary/aromatic N) is 1. The molecule has 1 saturated carbocycles. The lowest BCUT2D eigenvalue weighted by Gasteiger charge is -2.42. The summed E-state index contributed by atoms with van der Waals surface area (Å²) in [6.07, 6.45) is 3.65. The van der Waals surface area contributed by atoms with Gasteiger partial charge in [0.05, 0.1) is 0 Å². The SMILES string of the molecule is C=CCC1(CCN(C(=O)O)C(=O)O)CCC1. The van der Waals surface area contributed by atoms with Crippen LogP contribution in [0.15, 0.2) is 12.7 Å². The van der Waals surface area contributed by atoms with Crippen LogP contribution in [0.1, 0.15) is 32.1 Å². The number of carboxylic acid groups (broad SMARTS) is 2. The molecule has 0 spiro atoms. The highest BCUT2D eigenvalue weighted by molar-refractivity contribution is 5.85. The molecule has 0 heterocycles. The number of hydrogen-bond acceptors (Lipinski definition) is 2. The minimum Gasteiger partial charge on any atom is -0.465 e. The maximum absolute atomic E-state index is 10.6. The van der Waals surface area contributed by atoms with Gasteiger partial charge in [0.1, 0.15) is 0 Å². The number of amides is 2. The van der Waals surface area contributed by atoms with E-state index >= 15 is 0 Å². The van der Waals surface area contributed by atoms with E-state index in [4.69, 9.17) is 10.2 Å². The van der Waals surface area contributed by atoms with Crippen LogP contribution in [0.3, 0.4) is 0 Å². The van der Waals surface area contributed by atoms with E-state index in [9.17, 15) is 9.59 Å². The standard InChI is InChI=1S/C11H17NO4/c1-2-4-11(5-3-6-11)7-8-12(9(13)14)10(15)16/h2H,1,3-8H2,(H,13,14)(H,15,16). The van der Waals surface area contributed by atoms with Gasteiger partial charge in [0, 0.05) is 6.54 Å². The minimum atomic E-state index is -1.40. The van der Waals surface area contributed by atoms with E-state index in [1.54, 1.807) is 0 Å². The predicted molar refractivity (Wildman–Crippen MR) is 58.5 cm³/mol. The molecule has 0 aliphatic heterocycles. The lowest BCUT2D eigenvalue weighted by atomic mass is 9.64. The Morgan fingerprint density at radius 2 is 1.88 bits per heavy atom. The van der Waals surface area contributed by atoms with E-state index in [0.29, 0.717) is 11.3 Å². The highest BCUT2D eigenvalue weighted by Gasteiger charge is 2.36. The van der Waals surface area contributed by atoms with Gasteiger partial charge in [0.2, 0.25) is 0 Å². The molecule has 16 heavy (non-hydrogen) atoms. The number of carbonyl (C=O) groups is 2. The van der Waals surface area contributed by atoms with E-state index in [2.05, 4.69) is 6.58 Å². The zero-order valence-electron chi connectivity index (χ0n) is 9.19. The maximum Gasteiger partial charge on any atom is 0.416 e. The fourth-order valence-corrected chi connectivity index (χ4v) is 2.16. The zero-order valence-corrected chi connectivity index (χ0v) is 9.19. The van der Waals surface area contributed by atoms with Gasteiger partial charge in [-0.25, -0.2) is 14.5 Å². The number of rotatable bonds is 5. The summed E-state index contributed by atoms with van der Waals surface area (Å²) in [6.45, 7) is 3.73. The number of imide groups is 1. The third-order valence-electron chi connectivity index (χ3n) is 3.32. The number of hydrogen-bond donors (Lipinski definition) is 2. The predicted octanol–water partition coefficient (Wildman–Crippen LogP) is 2.78. The highest BCUT2D eigenvalue weighted by atomic mass is 16.4. The third kappa shape index (κ3) is 2.74. The number of allylic oxidation sites excluding steroid dienone is 1. The van der Waals surface area contributed by atoms with Crippen LogP contribution in [0.4, 0.5) is 9.59 Å². The van der Waals surface area contributed by atoms with Gasteiger partial charge >= 0.3 is 12.2 Å². The van der Waals surface area contributed by atoms with Crippen molar-refractivity contribution in [3.63, 3.8) is 0 Å². The topological polar surface area (TPSA) is 77.8 Å². The first kappa shape index (κ1) is 12.5. The summed E-state index contributed by atoms with van der Waals surface area (Å²) in [4.78, 5) is 21.7. The molecule has 90 valence electrons. The molecule has 1 fully saturated rings. The van der Waals surface area contributed by atoms with Gasteiger partial charge in [-0.1, -0.05) is 12.5 Å². The van der Waals surface area contributed by atoms with Crippen LogP contribution in [0.25, 0.3) is 0 Å². The highest BCUT2D eigenvalue weighted by Crippen LogP contribution is 2.47. The van der Waals surface area contributed by atoms with Gasteiger partial charge in [-0.15, -0.1) is 6.58 Å². The van der Waals surface area contributed by atoms with Gasteiger partial charge in [0.15, 0.2) is 0 Å². The molecular weight excluding hydrogens is 210 g/mol. The van der Waals surface area contributed by atoms with Crippen LogP contribution in [0, 0.1) is 5.41 Å². The van der Waals surface area contributed by atoms with Gasteiger partial charge < -0.3 is 10.2 Å². The molecule has 0 bridgehead atoms. The summed E-state index contributed by atoms with van der Waals surface area (Å²) in [5.41, 5.74) is 0.0882. The second kappa shape index (κ2) is 5.01. The molecule has 0 radical (unpaired) electrons. The van der Waals surface area contributed by atoms with Crippen molar-refractivity contribution in [3.8, 4) is 0 Å². The Labute approximate surface area is 94.4 Å². The summed E-state index contributed by atoms with van der Waals surface area (Å²) in [7, 11) is 0. The average molecular weight is 227 g/mol. The summed E-state index contributed by atoms with van der Waals surface area (Å²) < 4.78 is 0. The first-order valence-electron chi connectivity index (χ1n) is 5.35. The Bertz CT molecular complexity index is 282. The Hall–Kier alpha value is -1.52. The van der Waals surface area contributed by atoms with Crippen molar-refractivity contribution in [1.29, 1.82) is 0 Å².